The van der Waals surface area contributed by atoms with E-state index in [4.69, 9.17) is 14.6 Å². The number of ether oxygens (including phenoxy) is 2. The highest BCUT2D eigenvalue weighted by molar-refractivity contribution is 7.80. The van der Waals surface area contributed by atoms with E-state index in [-0.39, 0.29) is 12.0 Å². The van der Waals surface area contributed by atoms with Crippen LogP contribution in [0.3, 0.4) is 0 Å². The van der Waals surface area contributed by atoms with Gasteiger partial charge in [0, 0.05) is 18.9 Å². The van der Waals surface area contributed by atoms with Gasteiger partial charge in [-0.3, -0.25) is 10.1 Å². The molecule has 96 valence electrons. The van der Waals surface area contributed by atoms with Crippen molar-refractivity contribution in [1.29, 1.82) is 0 Å². The van der Waals surface area contributed by atoms with Crippen molar-refractivity contribution in [2.75, 3.05) is 32.8 Å². The molecule has 2 unspecified atom stereocenters. The van der Waals surface area contributed by atoms with E-state index >= 15 is 0 Å². The Morgan fingerprint density at radius 1 is 1.50 bits per heavy atom. The summed E-state index contributed by atoms with van der Waals surface area (Å²) in [6.45, 7) is 3.16. The van der Waals surface area contributed by atoms with E-state index in [9.17, 15) is 4.79 Å². The third-order valence-corrected chi connectivity index (χ3v) is 2.63. The first kappa shape index (κ1) is 15.7. The van der Waals surface area contributed by atoms with E-state index in [0.717, 1.165) is 0 Å². The number of carbonyl (C=O) groups is 1. The van der Waals surface area contributed by atoms with Crippen LogP contribution in [0, 0.1) is 5.92 Å². The molecule has 0 fully saturated rings. The molecular formula is C10H21NO4S. The van der Waals surface area contributed by atoms with Gasteiger partial charge in [-0.15, -0.1) is 0 Å². The van der Waals surface area contributed by atoms with Crippen LogP contribution in [0.15, 0.2) is 0 Å². The molecule has 0 aliphatic heterocycles. The van der Waals surface area contributed by atoms with Gasteiger partial charge in [-0.1, -0.05) is 6.92 Å². The monoisotopic (exact) mass is 251 g/mol. The zero-order chi connectivity index (χ0) is 12.4. The summed E-state index contributed by atoms with van der Waals surface area (Å²) in [6, 6.07) is 0.0528. The maximum atomic E-state index is 10.7. The fourth-order valence-electron chi connectivity index (χ4n) is 1.14. The second-order valence-corrected chi connectivity index (χ2v) is 3.97. The first-order chi connectivity index (χ1) is 7.61. The summed E-state index contributed by atoms with van der Waals surface area (Å²) >= 11 is 4.17. The molecule has 0 amide bonds. The zero-order valence-corrected chi connectivity index (χ0v) is 10.7. The lowest BCUT2D eigenvalue weighted by Crippen LogP contribution is -2.35. The fraction of sp³-hybridized carbons (Fsp3) is 0.900. The molecule has 0 rings (SSSR count). The summed E-state index contributed by atoms with van der Waals surface area (Å²) in [5, 5.41) is 11.9. The molecule has 2 N–H and O–H groups in total. The van der Waals surface area contributed by atoms with Crippen LogP contribution in [-0.2, 0) is 14.3 Å². The average Bonchev–Trinajstić information content (AvgIpc) is 2.26. The molecule has 16 heavy (non-hydrogen) atoms. The Labute approximate surface area is 102 Å². The fourth-order valence-corrected chi connectivity index (χ4v) is 1.42. The highest BCUT2D eigenvalue weighted by Crippen LogP contribution is 2.07. The third-order valence-electron chi connectivity index (χ3n) is 2.19. The summed E-state index contributed by atoms with van der Waals surface area (Å²) < 4.78 is 10.1. The molecule has 0 saturated carbocycles. The minimum atomic E-state index is -0.783. The van der Waals surface area contributed by atoms with Crippen molar-refractivity contribution in [1.82, 2.24) is 5.32 Å². The lowest BCUT2D eigenvalue weighted by atomic mass is 10.0. The van der Waals surface area contributed by atoms with Gasteiger partial charge in [0.05, 0.1) is 25.9 Å². The Hall–Kier alpha value is -0.300. The van der Waals surface area contributed by atoms with Gasteiger partial charge in [-0.05, 0) is 6.42 Å². The number of hydrogen-bond acceptors (Lipinski definition) is 5. The molecular weight excluding hydrogens is 230 g/mol. The molecule has 0 aromatic rings. The van der Waals surface area contributed by atoms with Crippen LogP contribution in [0.5, 0.6) is 0 Å². The number of carboxylic acid groups (broad SMARTS) is 1. The Bertz CT molecular complexity index is 192. The number of nitrogens with one attached hydrogen (secondary N) is 1. The van der Waals surface area contributed by atoms with Gasteiger partial charge in [-0.2, -0.15) is 12.6 Å². The highest BCUT2D eigenvalue weighted by atomic mass is 32.1. The van der Waals surface area contributed by atoms with E-state index in [1.54, 1.807) is 14.0 Å². The smallest absolute Gasteiger partial charge is 0.306 e. The summed E-state index contributed by atoms with van der Waals surface area (Å²) in [5.74, 6) is -0.567. The van der Waals surface area contributed by atoms with Crippen molar-refractivity contribution in [2.45, 2.75) is 19.4 Å². The minimum absolute atomic E-state index is 0.0528. The van der Waals surface area contributed by atoms with Crippen LogP contribution in [0.25, 0.3) is 0 Å². The van der Waals surface area contributed by atoms with Gasteiger partial charge >= 0.3 is 5.97 Å². The Kier molecular flexibility index (Phi) is 9.71. The Morgan fingerprint density at radius 3 is 2.69 bits per heavy atom. The number of thiol groups is 1. The second-order valence-electron chi connectivity index (χ2n) is 3.60. The highest BCUT2D eigenvalue weighted by Gasteiger charge is 2.16. The molecule has 0 radical (unpaired) electrons. The Morgan fingerprint density at radius 2 is 2.19 bits per heavy atom. The quantitative estimate of drug-likeness (QED) is 0.301. The number of carboxylic acids is 1. The maximum absolute atomic E-state index is 10.7. The van der Waals surface area contributed by atoms with Crippen molar-refractivity contribution in [3.8, 4) is 0 Å². The topological polar surface area (TPSA) is 67.8 Å². The van der Waals surface area contributed by atoms with Crippen molar-refractivity contribution in [3.63, 3.8) is 0 Å². The number of methoxy groups -OCH3 is 1. The van der Waals surface area contributed by atoms with E-state index in [1.165, 1.54) is 0 Å². The van der Waals surface area contributed by atoms with Gasteiger partial charge in [0.2, 0.25) is 0 Å². The number of hydrogen-bond donors (Lipinski definition) is 3. The standard InChI is InChI=1S/C10H21NO4S/c1-8(10(12)13)5-9(6-16)11-7-15-4-3-14-2/h8-9,11,16H,3-7H2,1-2H3,(H,12,13). The molecule has 0 heterocycles. The van der Waals surface area contributed by atoms with E-state index < -0.39 is 5.97 Å². The molecule has 0 saturated heterocycles. The van der Waals surface area contributed by atoms with E-state index in [1.807, 2.05) is 0 Å². The molecule has 0 bridgehead atoms. The molecule has 6 heteroatoms. The van der Waals surface area contributed by atoms with Gasteiger partial charge in [-0.25, -0.2) is 0 Å². The van der Waals surface area contributed by atoms with Crippen molar-refractivity contribution in [2.24, 2.45) is 5.92 Å². The van der Waals surface area contributed by atoms with Crippen LogP contribution in [0.4, 0.5) is 0 Å². The lowest BCUT2D eigenvalue weighted by molar-refractivity contribution is -0.141. The molecule has 0 aromatic heterocycles. The van der Waals surface area contributed by atoms with Crippen LogP contribution in [0.2, 0.25) is 0 Å². The van der Waals surface area contributed by atoms with Gasteiger partial charge < -0.3 is 14.6 Å². The predicted octanol–water partition coefficient (Wildman–Crippen LogP) is 0.606. The normalized spacial score (nSPS) is 14.7. The molecule has 0 spiro atoms. The van der Waals surface area contributed by atoms with Gasteiger partial charge in [0.25, 0.3) is 0 Å². The van der Waals surface area contributed by atoms with Gasteiger partial charge in [0.15, 0.2) is 0 Å². The first-order valence-corrected chi connectivity index (χ1v) is 5.88. The Balaban J connectivity index is 3.62. The number of rotatable bonds is 10. The van der Waals surface area contributed by atoms with Crippen molar-refractivity contribution < 1.29 is 19.4 Å². The molecule has 0 aromatic carbocycles. The molecule has 0 aliphatic rings. The maximum Gasteiger partial charge on any atom is 0.306 e. The van der Waals surface area contributed by atoms with Gasteiger partial charge in [0.1, 0.15) is 0 Å². The van der Waals surface area contributed by atoms with Crippen molar-refractivity contribution in [3.05, 3.63) is 0 Å². The zero-order valence-electron chi connectivity index (χ0n) is 9.81. The van der Waals surface area contributed by atoms with Crippen LogP contribution >= 0.6 is 12.6 Å². The average molecular weight is 251 g/mol. The van der Waals surface area contributed by atoms with Crippen LogP contribution in [0.1, 0.15) is 13.3 Å². The largest absolute Gasteiger partial charge is 0.481 e. The molecule has 5 nitrogen and oxygen atoms in total. The van der Waals surface area contributed by atoms with Crippen LogP contribution in [-0.4, -0.2) is 49.9 Å². The lowest BCUT2D eigenvalue weighted by Gasteiger charge is -2.18. The van der Waals surface area contributed by atoms with E-state index in [2.05, 4.69) is 17.9 Å². The van der Waals surface area contributed by atoms with E-state index in [0.29, 0.717) is 32.1 Å². The third kappa shape index (κ3) is 7.92. The first-order valence-electron chi connectivity index (χ1n) is 5.25. The van der Waals surface area contributed by atoms with Crippen molar-refractivity contribution >= 4 is 18.6 Å². The predicted molar refractivity (Wildman–Crippen MR) is 64.9 cm³/mol. The second kappa shape index (κ2) is 9.89. The summed E-state index contributed by atoms with van der Waals surface area (Å²) in [7, 11) is 1.61. The summed E-state index contributed by atoms with van der Waals surface area (Å²) in [6.07, 6.45) is 0.548. The summed E-state index contributed by atoms with van der Waals surface area (Å²) in [5.41, 5.74) is 0. The SMILES string of the molecule is COCCOCNC(CS)CC(C)C(=O)O. The molecule has 2 atom stereocenters. The minimum Gasteiger partial charge on any atom is -0.481 e. The van der Waals surface area contributed by atoms with Crippen LogP contribution < -0.4 is 5.32 Å². The summed E-state index contributed by atoms with van der Waals surface area (Å²) in [4.78, 5) is 10.7. The number of aliphatic carboxylic acids is 1. The molecule has 0 aliphatic carbocycles.